The minimum Gasteiger partial charge on any atom is -0.493 e. The fourth-order valence-electron chi connectivity index (χ4n) is 5.02. The molecular weight excluding hydrogens is 374 g/mol. The van der Waals surface area contributed by atoms with Crippen LogP contribution in [0.5, 0.6) is 23.0 Å². The molecule has 2 aromatic carbocycles. The molecule has 0 aromatic heterocycles. The number of fused-ring (bicyclic) bond motifs is 6. The normalized spacial score (nSPS) is 24.6. The van der Waals surface area contributed by atoms with Gasteiger partial charge in [0.15, 0.2) is 28.6 Å². The summed E-state index contributed by atoms with van der Waals surface area (Å²) >= 11 is 0. The SMILES string of the molecule is COc1ccc2c(c1OC)[C@H]1N(C)CCc3cc4c(cc3[C@@]1(OC)C2=O)OCO4. The molecule has 2 aromatic rings. The van der Waals surface area contributed by atoms with E-state index in [4.69, 9.17) is 23.7 Å². The molecule has 7 heteroatoms. The lowest BCUT2D eigenvalue weighted by Crippen LogP contribution is -2.44. The fourth-order valence-corrected chi connectivity index (χ4v) is 5.02. The van der Waals surface area contributed by atoms with E-state index < -0.39 is 5.60 Å². The first-order valence-electron chi connectivity index (χ1n) is 9.54. The van der Waals surface area contributed by atoms with Crippen LogP contribution in [0.25, 0.3) is 0 Å². The number of benzene rings is 2. The summed E-state index contributed by atoms with van der Waals surface area (Å²) in [5.74, 6) is 2.41. The first kappa shape index (κ1) is 18.3. The largest absolute Gasteiger partial charge is 0.493 e. The van der Waals surface area contributed by atoms with Crippen molar-refractivity contribution in [1.82, 2.24) is 4.90 Å². The van der Waals surface area contributed by atoms with Crippen LogP contribution >= 0.6 is 0 Å². The van der Waals surface area contributed by atoms with E-state index in [9.17, 15) is 4.79 Å². The quantitative estimate of drug-likeness (QED) is 0.789. The lowest BCUT2D eigenvalue weighted by Gasteiger charge is -2.37. The van der Waals surface area contributed by atoms with E-state index in [1.54, 1.807) is 33.5 Å². The Hall–Kier alpha value is -2.77. The van der Waals surface area contributed by atoms with Crippen molar-refractivity contribution >= 4 is 5.78 Å². The van der Waals surface area contributed by atoms with E-state index in [-0.39, 0.29) is 18.6 Å². The Bertz CT molecular complexity index is 1020. The van der Waals surface area contributed by atoms with E-state index in [0.717, 1.165) is 29.7 Å². The highest BCUT2D eigenvalue weighted by Crippen LogP contribution is 2.58. The molecule has 3 aliphatic rings. The average molecular weight is 397 g/mol. The van der Waals surface area contributed by atoms with Crippen LogP contribution in [0.15, 0.2) is 24.3 Å². The number of nitrogens with zero attached hydrogens (tertiary/aromatic N) is 1. The predicted octanol–water partition coefficient (Wildman–Crippen LogP) is 2.70. The molecule has 0 radical (unpaired) electrons. The van der Waals surface area contributed by atoms with Gasteiger partial charge in [-0.05, 0) is 43.3 Å². The molecule has 0 unspecified atom stereocenters. The van der Waals surface area contributed by atoms with E-state index >= 15 is 0 Å². The maximum Gasteiger partial charge on any atom is 0.231 e. The number of hydrogen-bond acceptors (Lipinski definition) is 7. The fraction of sp³-hybridized carbons (Fsp3) is 0.409. The third-order valence-electron chi connectivity index (χ3n) is 6.32. The molecule has 29 heavy (non-hydrogen) atoms. The summed E-state index contributed by atoms with van der Waals surface area (Å²) in [7, 11) is 6.79. The zero-order chi connectivity index (χ0) is 20.3. The van der Waals surface area contributed by atoms with E-state index in [0.29, 0.717) is 28.6 Å². The summed E-state index contributed by atoms with van der Waals surface area (Å²) in [6.45, 7) is 0.927. The molecular formula is C22H23NO6. The van der Waals surface area contributed by atoms with Crippen molar-refractivity contribution in [2.75, 3.05) is 41.7 Å². The first-order chi connectivity index (χ1) is 14.1. The molecule has 0 saturated heterocycles. The number of methoxy groups -OCH3 is 3. The lowest BCUT2D eigenvalue weighted by atomic mass is 9.82. The standard InChI is InChI=1S/C22H23NO6/c1-23-8-7-12-9-16-17(29-11-28-16)10-14(12)22(27-4)20(23)18-13(21(22)24)5-6-15(25-2)19(18)26-3/h5-6,9-10,20H,7-8,11H2,1-4H3/t20-,22+/m1/s1. The van der Waals surface area contributed by atoms with Gasteiger partial charge in [-0.3, -0.25) is 9.69 Å². The zero-order valence-corrected chi connectivity index (χ0v) is 16.9. The van der Waals surface area contributed by atoms with Gasteiger partial charge >= 0.3 is 0 Å². The molecule has 7 nitrogen and oxygen atoms in total. The summed E-state index contributed by atoms with van der Waals surface area (Å²) in [6.07, 6.45) is 0.763. The van der Waals surface area contributed by atoms with Gasteiger partial charge in [0.25, 0.3) is 0 Å². The van der Waals surface area contributed by atoms with Crippen molar-refractivity contribution in [3.05, 3.63) is 46.5 Å². The maximum absolute atomic E-state index is 13.9. The minimum absolute atomic E-state index is 0.0881. The highest BCUT2D eigenvalue weighted by molar-refractivity contribution is 6.09. The van der Waals surface area contributed by atoms with Gasteiger partial charge in [0.1, 0.15) is 0 Å². The second-order valence-corrected chi connectivity index (χ2v) is 7.53. The highest BCUT2D eigenvalue weighted by atomic mass is 16.7. The molecule has 0 bridgehead atoms. The van der Waals surface area contributed by atoms with Crippen molar-refractivity contribution in [3.8, 4) is 23.0 Å². The smallest absolute Gasteiger partial charge is 0.231 e. The van der Waals surface area contributed by atoms with Crippen LogP contribution in [0.3, 0.4) is 0 Å². The lowest BCUT2D eigenvalue weighted by molar-refractivity contribution is -0.0453. The number of Topliss-reactive ketones (excluding diaryl/α,β-unsaturated/α-hetero) is 1. The van der Waals surface area contributed by atoms with Crippen molar-refractivity contribution < 1.29 is 28.5 Å². The van der Waals surface area contributed by atoms with Crippen LogP contribution in [0.4, 0.5) is 0 Å². The molecule has 0 saturated carbocycles. The molecule has 0 N–H and O–H groups in total. The first-order valence-corrected chi connectivity index (χ1v) is 9.54. The van der Waals surface area contributed by atoms with E-state index in [1.165, 1.54) is 0 Å². The number of ketones is 1. The molecule has 0 fully saturated rings. The molecule has 2 atom stereocenters. The Morgan fingerprint density at radius 2 is 1.86 bits per heavy atom. The summed E-state index contributed by atoms with van der Waals surface area (Å²) in [6, 6.07) is 7.09. The Balaban J connectivity index is 1.82. The molecule has 1 aliphatic carbocycles. The van der Waals surface area contributed by atoms with Crippen LogP contribution in [0.2, 0.25) is 0 Å². The van der Waals surface area contributed by atoms with Crippen molar-refractivity contribution in [1.29, 1.82) is 0 Å². The highest BCUT2D eigenvalue weighted by Gasteiger charge is 2.60. The Kier molecular flexibility index (Phi) is 4.01. The number of hydrogen-bond donors (Lipinski definition) is 0. The molecule has 2 aliphatic heterocycles. The Labute approximate surface area is 169 Å². The molecule has 0 amide bonds. The number of rotatable bonds is 3. The second kappa shape index (κ2) is 6.37. The number of ether oxygens (including phenoxy) is 5. The van der Waals surface area contributed by atoms with Gasteiger partial charge in [0, 0.05) is 30.3 Å². The predicted molar refractivity (Wildman–Crippen MR) is 104 cm³/mol. The second-order valence-electron chi connectivity index (χ2n) is 7.53. The maximum atomic E-state index is 13.9. The average Bonchev–Trinajstić information content (AvgIpc) is 3.27. The molecule has 5 rings (SSSR count). The van der Waals surface area contributed by atoms with Gasteiger partial charge in [-0.25, -0.2) is 0 Å². The van der Waals surface area contributed by atoms with Crippen molar-refractivity contribution in [2.45, 2.75) is 18.1 Å². The van der Waals surface area contributed by atoms with Gasteiger partial charge in [-0.2, -0.15) is 0 Å². The van der Waals surface area contributed by atoms with Crippen LogP contribution in [-0.2, 0) is 16.8 Å². The van der Waals surface area contributed by atoms with Crippen LogP contribution < -0.4 is 18.9 Å². The van der Waals surface area contributed by atoms with Crippen molar-refractivity contribution in [3.63, 3.8) is 0 Å². The third kappa shape index (κ3) is 2.22. The summed E-state index contributed by atoms with van der Waals surface area (Å²) in [5.41, 5.74) is 2.03. The van der Waals surface area contributed by atoms with E-state index in [1.807, 2.05) is 19.2 Å². The van der Waals surface area contributed by atoms with Crippen molar-refractivity contribution in [2.24, 2.45) is 0 Å². The molecule has 152 valence electrons. The zero-order valence-electron chi connectivity index (χ0n) is 16.9. The van der Waals surface area contributed by atoms with Gasteiger partial charge in [-0.1, -0.05) is 0 Å². The number of carbonyl (C=O) groups is 1. The van der Waals surface area contributed by atoms with Crippen LogP contribution in [0.1, 0.15) is 33.1 Å². The molecule has 2 heterocycles. The van der Waals surface area contributed by atoms with Crippen LogP contribution in [0, 0.1) is 0 Å². The molecule has 0 spiro atoms. The van der Waals surface area contributed by atoms with Gasteiger partial charge < -0.3 is 23.7 Å². The monoisotopic (exact) mass is 397 g/mol. The van der Waals surface area contributed by atoms with E-state index in [2.05, 4.69) is 4.90 Å². The number of likely N-dealkylation sites (N-methyl/N-ethyl adjacent to an activating group) is 1. The topological polar surface area (TPSA) is 66.5 Å². The Morgan fingerprint density at radius 1 is 1.10 bits per heavy atom. The number of carbonyl (C=O) groups excluding carboxylic acids is 1. The minimum atomic E-state index is -1.20. The summed E-state index contributed by atoms with van der Waals surface area (Å²) in [5, 5.41) is 0. The van der Waals surface area contributed by atoms with Crippen LogP contribution in [-0.4, -0.2) is 52.4 Å². The van der Waals surface area contributed by atoms with Gasteiger partial charge in [0.05, 0.1) is 20.3 Å². The third-order valence-corrected chi connectivity index (χ3v) is 6.32. The Morgan fingerprint density at radius 3 is 2.55 bits per heavy atom. The summed E-state index contributed by atoms with van der Waals surface area (Å²) in [4.78, 5) is 16.0. The summed E-state index contributed by atoms with van der Waals surface area (Å²) < 4.78 is 28.5. The van der Waals surface area contributed by atoms with Gasteiger partial charge in [-0.15, -0.1) is 0 Å². The van der Waals surface area contributed by atoms with Gasteiger partial charge in [0.2, 0.25) is 12.6 Å².